The predicted molar refractivity (Wildman–Crippen MR) is 86.0 cm³/mol. The van der Waals surface area contributed by atoms with Crippen LogP contribution in [0.3, 0.4) is 0 Å². The van der Waals surface area contributed by atoms with E-state index in [1.807, 2.05) is 0 Å². The monoisotopic (exact) mass is 405 g/mol. The molecule has 0 spiro atoms. The number of benzene rings is 1. The fraction of sp³-hybridized carbons (Fsp3) is 0.200. The molecule has 0 saturated carbocycles. The first-order valence-electron chi connectivity index (χ1n) is 6.95. The lowest BCUT2D eigenvalue weighted by molar-refractivity contribution is -0.154. The van der Waals surface area contributed by atoms with Gasteiger partial charge in [-0.15, -0.1) is 0 Å². The van der Waals surface area contributed by atoms with Gasteiger partial charge in [0.1, 0.15) is 6.07 Å². The molecule has 0 saturated heterocycles. The van der Waals surface area contributed by atoms with E-state index in [9.17, 15) is 21.6 Å². The van der Waals surface area contributed by atoms with Crippen LogP contribution in [0.15, 0.2) is 41.4 Å². The number of nitrogens with one attached hydrogen (secondary N) is 1. The third-order valence-electron chi connectivity index (χ3n) is 3.04. The molecular formula is C15H11ClF3N3O3S. The molecule has 0 aliphatic rings. The maximum absolute atomic E-state index is 12.3. The minimum Gasteiger partial charge on any atom is -0.468 e. The summed E-state index contributed by atoms with van der Waals surface area (Å²) < 4.78 is 68.2. The molecule has 0 amide bonds. The van der Waals surface area contributed by atoms with E-state index in [0.717, 1.165) is 6.07 Å². The quantitative estimate of drug-likeness (QED) is 0.797. The molecule has 1 heterocycles. The van der Waals surface area contributed by atoms with E-state index in [2.05, 4.69) is 14.4 Å². The number of rotatable bonds is 6. The van der Waals surface area contributed by atoms with Gasteiger partial charge < -0.3 is 4.74 Å². The van der Waals surface area contributed by atoms with E-state index < -0.39 is 22.8 Å². The number of aromatic nitrogens is 1. The van der Waals surface area contributed by atoms with Gasteiger partial charge in [-0.3, -0.25) is 0 Å². The van der Waals surface area contributed by atoms with Crippen molar-refractivity contribution in [2.75, 3.05) is 6.61 Å². The van der Waals surface area contributed by atoms with Crippen molar-refractivity contribution in [2.45, 2.75) is 17.6 Å². The zero-order chi connectivity index (χ0) is 19.4. The summed E-state index contributed by atoms with van der Waals surface area (Å²) in [6, 6.07) is 8.13. The van der Waals surface area contributed by atoms with Crippen molar-refractivity contribution < 1.29 is 26.3 Å². The van der Waals surface area contributed by atoms with Crippen molar-refractivity contribution in [3.63, 3.8) is 0 Å². The molecule has 0 aliphatic carbocycles. The van der Waals surface area contributed by atoms with Gasteiger partial charge in [0.25, 0.3) is 0 Å². The molecule has 11 heteroatoms. The lowest BCUT2D eigenvalue weighted by atomic mass is 10.2. The summed E-state index contributed by atoms with van der Waals surface area (Å²) >= 11 is 5.76. The van der Waals surface area contributed by atoms with Crippen molar-refractivity contribution in [3.05, 3.63) is 52.7 Å². The van der Waals surface area contributed by atoms with Crippen LogP contribution in [-0.4, -0.2) is 26.2 Å². The standard InChI is InChI=1S/C15H11ClF3N3O3S/c16-13-4-3-12(6-11(13)7-20)26(23,24)22-8-10-2-1-5-21-14(10)25-9-15(17,18)19/h1-6,22H,8-9H2. The van der Waals surface area contributed by atoms with Crippen molar-refractivity contribution in [2.24, 2.45) is 0 Å². The Morgan fingerprint density at radius 2 is 2.04 bits per heavy atom. The third kappa shape index (κ3) is 5.32. The zero-order valence-corrected chi connectivity index (χ0v) is 14.5. The van der Waals surface area contributed by atoms with Gasteiger partial charge in [-0.25, -0.2) is 18.1 Å². The van der Waals surface area contributed by atoms with Crippen LogP contribution in [0, 0.1) is 11.3 Å². The summed E-state index contributed by atoms with van der Waals surface area (Å²) in [7, 11) is -4.03. The minimum absolute atomic E-state index is 0.0230. The number of alkyl halides is 3. The fourth-order valence-electron chi connectivity index (χ4n) is 1.85. The van der Waals surface area contributed by atoms with Crippen LogP contribution in [0.25, 0.3) is 0 Å². The number of pyridine rings is 1. The van der Waals surface area contributed by atoms with Crippen LogP contribution in [0.1, 0.15) is 11.1 Å². The first kappa shape index (κ1) is 20.0. The van der Waals surface area contributed by atoms with Gasteiger partial charge in [0.15, 0.2) is 6.61 Å². The van der Waals surface area contributed by atoms with Crippen LogP contribution in [0.5, 0.6) is 5.88 Å². The van der Waals surface area contributed by atoms with Crippen molar-refractivity contribution in [1.29, 1.82) is 5.26 Å². The summed E-state index contributed by atoms with van der Waals surface area (Å²) in [6.07, 6.45) is -3.33. The minimum atomic E-state index is -4.55. The number of ether oxygens (including phenoxy) is 1. The Balaban J connectivity index is 2.17. The number of hydrogen-bond acceptors (Lipinski definition) is 5. The molecular weight excluding hydrogens is 395 g/mol. The normalized spacial score (nSPS) is 11.8. The molecule has 6 nitrogen and oxygen atoms in total. The maximum Gasteiger partial charge on any atom is 0.422 e. The Labute approximate surface area is 152 Å². The van der Waals surface area contributed by atoms with Crippen LogP contribution in [-0.2, 0) is 16.6 Å². The molecule has 0 fully saturated rings. The molecule has 0 bridgehead atoms. The Bertz CT molecular complexity index is 943. The molecule has 1 N–H and O–H groups in total. The lowest BCUT2D eigenvalue weighted by Gasteiger charge is -2.13. The van der Waals surface area contributed by atoms with Crippen LogP contribution < -0.4 is 9.46 Å². The van der Waals surface area contributed by atoms with Gasteiger partial charge in [0.2, 0.25) is 15.9 Å². The highest BCUT2D eigenvalue weighted by atomic mass is 35.5. The molecule has 0 unspecified atom stereocenters. The average Bonchev–Trinajstić information content (AvgIpc) is 2.58. The Morgan fingerprint density at radius 3 is 2.69 bits per heavy atom. The molecule has 1 aromatic carbocycles. The van der Waals surface area contributed by atoms with Gasteiger partial charge in [-0.2, -0.15) is 18.4 Å². The molecule has 0 atom stereocenters. The topological polar surface area (TPSA) is 92.1 Å². The van der Waals surface area contributed by atoms with E-state index in [1.165, 1.54) is 30.5 Å². The smallest absolute Gasteiger partial charge is 0.422 e. The molecule has 26 heavy (non-hydrogen) atoms. The van der Waals surface area contributed by atoms with Crippen LogP contribution in [0.4, 0.5) is 13.2 Å². The third-order valence-corrected chi connectivity index (χ3v) is 4.77. The first-order valence-corrected chi connectivity index (χ1v) is 8.81. The lowest BCUT2D eigenvalue weighted by Crippen LogP contribution is -2.25. The Morgan fingerprint density at radius 1 is 1.31 bits per heavy atom. The second kappa shape index (κ2) is 7.90. The highest BCUT2D eigenvalue weighted by Gasteiger charge is 2.29. The number of halogens is 4. The van der Waals surface area contributed by atoms with Gasteiger partial charge in [-0.1, -0.05) is 17.7 Å². The van der Waals surface area contributed by atoms with Crippen molar-refractivity contribution >= 4 is 21.6 Å². The van der Waals surface area contributed by atoms with Gasteiger partial charge in [0.05, 0.1) is 15.5 Å². The van der Waals surface area contributed by atoms with Crippen LogP contribution in [0.2, 0.25) is 5.02 Å². The maximum atomic E-state index is 12.3. The van der Waals surface area contributed by atoms with Crippen LogP contribution >= 0.6 is 11.6 Å². The highest BCUT2D eigenvalue weighted by Crippen LogP contribution is 2.22. The van der Waals surface area contributed by atoms with E-state index in [1.54, 1.807) is 6.07 Å². The number of nitrogens with zero attached hydrogens (tertiary/aromatic N) is 2. The second-order valence-electron chi connectivity index (χ2n) is 4.95. The van der Waals surface area contributed by atoms with E-state index in [0.29, 0.717) is 0 Å². The summed E-state index contributed by atoms with van der Waals surface area (Å²) in [5.41, 5.74) is 0.0971. The number of sulfonamides is 1. The Hall–Kier alpha value is -2.35. The molecule has 2 rings (SSSR count). The van der Waals surface area contributed by atoms with E-state index in [-0.39, 0.29) is 33.5 Å². The van der Waals surface area contributed by atoms with E-state index in [4.69, 9.17) is 16.9 Å². The fourth-order valence-corrected chi connectivity index (χ4v) is 3.04. The van der Waals surface area contributed by atoms with E-state index >= 15 is 0 Å². The predicted octanol–water partition coefficient (Wildman–Crippen LogP) is 3.03. The summed E-state index contributed by atoms with van der Waals surface area (Å²) in [4.78, 5) is 3.47. The van der Waals surface area contributed by atoms with Crippen molar-refractivity contribution in [3.8, 4) is 11.9 Å². The van der Waals surface area contributed by atoms with Crippen molar-refractivity contribution in [1.82, 2.24) is 9.71 Å². The number of hydrogen-bond donors (Lipinski definition) is 1. The number of nitriles is 1. The summed E-state index contributed by atoms with van der Waals surface area (Å²) in [5, 5.41) is 9.01. The van der Waals surface area contributed by atoms with Gasteiger partial charge in [0, 0.05) is 18.3 Å². The summed E-state index contributed by atoms with van der Waals surface area (Å²) in [6.45, 7) is -1.90. The zero-order valence-electron chi connectivity index (χ0n) is 12.9. The summed E-state index contributed by atoms with van der Waals surface area (Å²) in [5.74, 6) is -0.332. The Kier molecular flexibility index (Phi) is 6.07. The molecule has 2 aromatic rings. The average molecular weight is 406 g/mol. The largest absolute Gasteiger partial charge is 0.468 e. The molecule has 1 aromatic heterocycles. The SMILES string of the molecule is N#Cc1cc(S(=O)(=O)NCc2cccnc2OCC(F)(F)F)ccc1Cl. The molecule has 0 radical (unpaired) electrons. The highest BCUT2D eigenvalue weighted by molar-refractivity contribution is 7.89. The first-order chi connectivity index (χ1) is 12.1. The molecule has 0 aliphatic heterocycles. The van der Waals surface area contributed by atoms with Gasteiger partial charge >= 0.3 is 6.18 Å². The van der Waals surface area contributed by atoms with Gasteiger partial charge in [-0.05, 0) is 24.3 Å². The molecule has 138 valence electrons. The second-order valence-corrected chi connectivity index (χ2v) is 7.12.